The zero-order valence-corrected chi connectivity index (χ0v) is 8.57. The third kappa shape index (κ3) is 1.79. The van der Waals surface area contributed by atoms with Crippen molar-refractivity contribution in [2.45, 2.75) is 26.7 Å². The summed E-state index contributed by atoms with van der Waals surface area (Å²) >= 11 is 6.07. The molecule has 0 spiro atoms. The molecule has 66 valence electrons. The summed E-state index contributed by atoms with van der Waals surface area (Å²) in [6.07, 6.45) is 0. The Hall–Kier alpha value is -0.530. The smallest absolute Gasteiger partial charge is 0.131 e. The number of quaternary nitrogens is 1. The molecule has 1 rings (SSSR count). The number of benzene rings is 1. The molecule has 0 unspecified atom stereocenters. The van der Waals surface area contributed by atoms with Gasteiger partial charge in [-0.2, -0.15) is 0 Å². The Bertz CT molecular complexity index is 292. The van der Waals surface area contributed by atoms with Crippen LogP contribution in [0.15, 0.2) is 12.1 Å². The molecule has 0 aliphatic heterocycles. The summed E-state index contributed by atoms with van der Waals surface area (Å²) in [6, 6.07) is 4.06. The predicted molar refractivity (Wildman–Crippen MR) is 52.8 cm³/mol. The van der Waals surface area contributed by atoms with Gasteiger partial charge < -0.3 is 5.73 Å². The van der Waals surface area contributed by atoms with Gasteiger partial charge in [0.1, 0.15) is 5.69 Å². The Kier molecular flexibility index (Phi) is 2.76. The van der Waals surface area contributed by atoms with E-state index in [0.717, 1.165) is 16.3 Å². The highest BCUT2D eigenvalue weighted by molar-refractivity contribution is 6.31. The van der Waals surface area contributed by atoms with Crippen molar-refractivity contribution in [3.63, 3.8) is 0 Å². The van der Waals surface area contributed by atoms with E-state index in [2.05, 4.69) is 25.6 Å². The molecule has 0 aliphatic rings. The van der Waals surface area contributed by atoms with Crippen LogP contribution in [0, 0.1) is 6.92 Å². The lowest BCUT2D eigenvalue weighted by atomic mass is 10.0. The summed E-state index contributed by atoms with van der Waals surface area (Å²) in [7, 11) is 0. The number of rotatable bonds is 1. The highest BCUT2D eigenvalue weighted by Crippen LogP contribution is 2.27. The molecule has 0 amide bonds. The maximum atomic E-state index is 6.07. The zero-order valence-electron chi connectivity index (χ0n) is 7.82. The average molecular weight is 185 g/mol. The van der Waals surface area contributed by atoms with E-state index in [1.165, 1.54) is 5.56 Å². The summed E-state index contributed by atoms with van der Waals surface area (Å²) in [4.78, 5) is 0. The Morgan fingerprint density at radius 3 is 2.42 bits per heavy atom. The molecule has 1 nitrogen and oxygen atoms in total. The monoisotopic (exact) mass is 184 g/mol. The largest absolute Gasteiger partial charge is 0.325 e. The van der Waals surface area contributed by atoms with Crippen molar-refractivity contribution < 1.29 is 5.73 Å². The maximum absolute atomic E-state index is 6.07. The number of hydrogen-bond acceptors (Lipinski definition) is 0. The summed E-state index contributed by atoms with van der Waals surface area (Å²) in [5.74, 6) is 0.471. The maximum Gasteiger partial charge on any atom is 0.131 e. The molecule has 0 fully saturated rings. The molecule has 0 bridgehead atoms. The predicted octanol–water partition coefficient (Wildman–Crippen LogP) is 2.65. The first-order valence-corrected chi connectivity index (χ1v) is 4.52. The second-order valence-corrected chi connectivity index (χ2v) is 3.86. The average Bonchev–Trinajstić information content (AvgIpc) is 1.96. The zero-order chi connectivity index (χ0) is 9.30. The summed E-state index contributed by atoms with van der Waals surface area (Å²) < 4.78 is 0. The third-order valence-electron chi connectivity index (χ3n) is 2.08. The Morgan fingerprint density at radius 2 is 1.92 bits per heavy atom. The molecule has 3 N–H and O–H groups in total. The lowest BCUT2D eigenvalue weighted by Crippen LogP contribution is -2.41. The molecular weight excluding hydrogens is 170 g/mol. The van der Waals surface area contributed by atoms with E-state index in [4.69, 9.17) is 11.6 Å². The van der Waals surface area contributed by atoms with E-state index in [-0.39, 0.29) is 0 Å². The van der Waals surface area contributed by atoms with Gasteiger partial charge in [0, 0.05) is 16.7 Å². The van der Waals surface area contributed by atoms with Crippen molar-refractivity contribution in [2.75, 3.05) is 0 Å². The number of hydrogen-bond donors (Lipinski definition) is 1. The van der Waals surface area contributed by atoms with Gasteiger partial charge in [-0.1, -0.05) is 25.4 Å². The van der Waals surface area contributed by atoms with Crippen LogP contribution in [-0.4, -0.2) is 0 Å². The van der Waals surface area contributed by atoms with Gasteiger partial charge in [0.2, 0.25) is 0 Å². The van der Waals surface area contributed by atoms with Crippen molar-refractivity contribution in [1.82, 2.24) is 0 Å². The number of aryl methyl sites for hydroxylation is 1. The molecule has 0 aliphatic carbocycles. The van der Waals surface area contributed by atoms with Crippen molar-refractivity contribution in [3.8, 4) is 0 Å². The minimum absolute atomic E-state index is 0.471. The molecule has 0 aromatic heterocycles. The fourth-order valence-electron chi connectivity index (χ4n) is 1.18. The van der Waals surface area contributed by atoms with Crippen LogP contribution in [0.5, 0.6) is 0 Å². The number of halogens is 1. The molecule has 1 aromatic carbocycles. The molecule has 0 saturated heterocycles. The quantitative estimate of drug-likeness (QED) is 0.695. The van der Waals surface area contributed by atoms with Gasteiger partial charge in [-0.05, 0) is 24.5 Å². The van der Waals surface area contributed by atoms with E-state index in [0.29, 0.717) is 5.92 Å². The van der Waals surface area contributed by atoms with E-state index in [1.807, 2.05) is 13.0 Å². The van der Waals surface area contributed by atoms with Crippen molar-refractivity contribution in [2.24, 2.45) is 0 Å². The first-order chi connectivity index (χ1) is 5.52. The van der Waals surface area contributed by atoms with Gasteiger partial charge in [0.15, 0.2) is 0 Å². The van der Waals surface area contributed by atoms with Gasteiger partial charge in [-0.25, -0.2) is 0 Å². The Balaban J connectivity index is 3.23. The van der Waals surface area contributed by atoms with E-state index >= 15 is 0 Å². The Labute approximate surface area is 78.5 Å². The van der Waals surface area contributed by atoms with Crippen LogP contribution in [0.3, 0.4) is 0 Å². The van der Waals surface area contributed by atoms with Gasteiger partial charge in [0.25, 0.3) is 0 Å². The van der Waals surface area contributed by atoms with Crippen LogP contribution in [0.2, 0.25) is 5.02 Å². The van der Waals surface area contributed by atoms with Crippen molar-refractivity contribution in [1.29, 1.82) is 0 Å². The standard InChI is InChI=1S/C10H14ClN/c1-6(2)8-5-10(12)7(3)4-9(8)11/h4-6H,12H2,1-3H3/p+1. The second kappa shape index (κ2) is 3.46. The topological polar surface area (TPSA) is 27.6 Å². The van der Waals surface area contributed by atoms with Crippen LogP contribution in [0.25, 0.3) is 0 Å². The molecule has 0 heterocycles. The summed E-state index contributed by atoms with van der Waals surface area (Å²) in [5.41, 5.74) is 7.36. The first-order valence-electron chi connectivity index (χ1n) is 4.14. The normalized spacial score (nSPS) is 10.8. The Morgan fingerprint density at radius 1 is 1.33 bits per heavy atom. The molecule has 0 radical (unpaired) electrons. The fourth-order valence-corrected chi connectivity index (χ4v) is 1.62. The molecule has 0 saturated carbocycles. The van der Waals surface area contributed by atoms with Crippen LogP contribution >= 0.6 is 11.6 Å². The van der Waals surface area contributed by atoms with Crippen molar-refractivity contribution >= 4 is 17.3 Å². The van der Waals surface area contributed by atoms with Gasteiger partial charge in [-0.3, -0.25) is 0 Å². The third-order valence-corrected chi connectivity index (χ3v) is 2.40. The van der Waals surface area contributed by atoms with E-state index in [1.54, 1.807) is 0 Å². The minimum Gasteiger partial charge on any atom is -0.325 e. The summed E-state index contributed by atoms with van der Waals surface area (Å²) in [5, 5.41) is 0.856. The van der Waals surface area contributed by atoms with Gasteiger partial charge >= 0.3 is 0 Å². The van der Waals surface area contributed by atoms with Gasteiger partial charge in [0.05, 0.1) is 0 Å². The lowest BCUT2D eigenvalue weighted by Gasteiger charge is -2.08. The molecular formula is C10H15ClN+. The van der Waals surface area contributed by atoms with Crippen LogP contribution < -0.4 is 5.73 Å². The highest BCUT2D eigenvalue weighted by Gasteiger charge is 2.08. The molecule has 12 heavy (non-hydrogen) atoms. The van der Waals surface area contributed by atoms with Crippen molar-refractivity contribution in [3.05, 3.63) is 28.3 Å². The minimum atomic E-state index is 0.471. The first kappa shape index (κ1) is 9.56. The molecule has 0 atom stereocenters. The van der Waals surface area contributed by atoms with Crippen LogP contribution in [0.4, 0.5) is 5.69 Å². The SMILES string of the molecule is Cc1cc(Cl)c(C(C)C)cc1[NH3+]. The van der Waals surface area contributed by atoms with Crippen LogP contribution in [0.1, 0.15) is 30.9 Å². The highest BCUT2D eigenvalue weighted by atomic mass is 35.5. The van der Waals surface area contributed by atoms with Gasteiger partial charge in [-0.15, -0.1) is 0 Å². The summed E-state index contributed by atoms with van der Waals surface area (Å²) in [6.45, 7) is 6.30. The molecule has 2 heteroatoms. The lowest BCUT2D eigenvalue weighted by molar-refractivity contribution is -0.255. The molecule has 1 aromatic rings. The van der Waals surface area contributed by atoms with Crippen LogP contribution in [-0.2, 0) is 0 Å². The second-order valence-electron chi connectivity index (χ2n) is 3.45. The van der Waals surface area contributed by atoms with E-state index < -0.39 is 0 Å². The van der Waals surface area contributed by atoms with E-state index in [9.17, 15) is 0 Å². The fraction of sp³-hybridized carbons (Fsp3) is 0.400.